The first-order valence-electron chi connectivity index (χ1n) is 9.84. The molecule has 1 fully saturated rings. The molecule has 0 bridgehead atoms. The number of carboxylic acids is 1. The minimum absolute atomic E-state index is 0.195. The minimum atomic E-state index is -1.20. The number of aryl methyl sites for hydroxylation is 1. The van der Waals surface area contributed by atoms with Gasteiger partial charge in [-0.1, -0.05) is 0 Å². The molecule has 2 aliphatic rings. The van der Waals surface area contributed by atoms with Crippen LogP contribution in [0.25, 0.3) is 21.3 Å². The summed E-state index contributed by atoms with van der Waals surface area (Å²) in [5, 5.41) is 9.86. The number of hydrogen-bond acceptors (Lipinski definition) is 5. The summed E-state index contributed by atoms with van der Waals surface area (Å²) in [5.74, 6) is -0.567. The number of methoxy groups -OCH3 is 1. The Balaban J connectivity index is 1.77. The van der Waals surface area contributed by atoms with Crippen LogP contribution in [-0.4, -0.2) is 28.8 Å². The summed E-state index contributed by atoms with van der Waals surface area (Å²) in [6, 6.07) is 6.22. The lowest BCUT2D eigenvalue weighted by molar-refractivity contribution is 0.0695. The Labute approximate surface area is 171 Å². The van der Waals surface area contributed by atoms with Crippen LogP contribution in [0.1, 0.15) is 46.1 Å². The SMILES string of the molecule is COc1c(-c2cc3c(s2)CCC(N)C3)ccc2c(=O)c(C(=O)O)cn(C3CC3)c12. The summed E-state index contributed by atoms with van der Waals surface area (Å²) in [6.07, 6.45) is 6.30. The molecular formula is C22H22N2O4S. The molecule has 1 aromatic carbocycles. The Hall–Kier alpha value is -2.64. The third-order valence-electron chi connectivity index (χ3n) is 5.91. The molecule has 5 rings (SSSR count). The third kappa shape index (κ3) is 2.96. The third-order valence-corrected chi connectivity index (χ3v) is 7.18. The minimum Gasteiger partial charge on any atom is -0.494 e. The Kier molecular flexibility index (Phi) is 4.26. The van der Waals surface area contributed by atoms with Gasteiger partial charge in [-0.25, -0.2) is 4.79 Å². The lowest BCUT2D eigenvalue weighted by Crippen LogP contribution is -2.26. The zero-order valence-corrected chi connectivity index (χ0v) is 16.9. The maximum atomic E-state index is 12.8. The molecule has 0 saturated heterocycles. The van der Waals surface area contributed by atoms with E-state index in [0.29, 0.717) is 16.7 Å². The molecule has 2 aromatic heterocycles. The molecular weight excluding hydrogens is 388 g/mol. The standard InChI is InChI=1S/C22H22N2O4S/c1-28-21-14(18-9-11-8-12(23)2-7-17(11)29-18)5-6-15-19(21)24(13-3-4-13)10-16(20(15)25)22(26)27/h5-6,9-10,12-13H,2-4,7-8,23H2,1H3,(H,26,27). The summed E-state index contributed by atoms with van der Waals surface area (Å²) in [4.78, 5) is 26.9. The largest absolute Gasteiger partial charge is 0.494 e. The molecule has 2 aliphatic carbocycles. The molecule has 0 amide bonds. The highest BCUT2D eigenvalue weighted by atomic mass is 32.1. The highest BCUT2D eigenvalue weighted by molar-refractivity contribution is 7.15. The van der Waals surface area contributed by atoms with Crippen LogP contribution < -0.4 is 15.9 Å². The predicted octanol–water partition coefficient (Wildman–Crippen LogP) is 3.59. The van der Waals surface area contributed by atoms with Crippen molar-refractivity contribution in [3.63, 3.8) is 0 Å². The van der Waals surface area contributed by atoms with Gasteiger partial charge in [0, 0.05) is 33.6 Å². The van der Waals surface area contributed by atoms with Crippen LogP contribution in [0.5, 0.6) is 5.75 Å². The van der Waals surface area contributed by atoms with Gasteiger partial charge in [0.05, 0.1) is 18.0 Å². The van der Waals surface area contributed by atoms with E-state index in [1.807, 2.05) is 10.6 Å². The van der Waals surface area contributed by atoms with Gasteiger partial charge in [0.1, 0.15) is 5.56 Å². The highest BCUT2D eigenvalue weighted by Crippen LogP contribution is 2.45. The van der Waals surface area contributed by atoms with E-state index in [1.54, 1.807) is 24.5 Å². The predicted molar refractivity (Wildman–Crippen MR) is 113 cm³/mol. The van der Waals surface area contributed by atoms with Crippen molar-refractivity contribution >= 4 is 28.2 Å². The Bertz CT molecular complexity index is 1210. The van der Waals surface area contributed by atoms with Gasteiger partial charge in [0.2, 0.25) is 5.43 Å². The second-order valence-corrected chi connectivity index (χ2v) is 9.06. The monoisotopic (exact) mass is 410 g/mol. The fraction of sp³-hybridized carbons (Fsp3) is 0.364. The summed E-state index contributed by atoms with van der Waals surface area (Å²) in [5.41, 5.74) is 8.39. The number of fused-ring (bicyclic) bond motifs is 2. The number of carboxylic acid groups (broad SMARTS) is 1. The Morgan fingerprint density at radius 1 is 1.31 bits per heavy atom. The zero-order chi connectivity index (χ0) is 20.3. The quantitative estimate of drug-likeness (QED) is 0.685. The molecule has 1 unspecified atom stereocenters. The van der Waals surface area contributed by atoms with Crippen molar-refractivity contribution in [2.75, 3.05) is 7.11 Å². The van der Waals surface area contributed by atoms with Crippen molar-refractivity contribution in [1.82, 2.24) is 4.57 Å². The van der Waals surface area contributed by atoms with E-state index < -0.39 is 11.4 Å². The van der Waals surface area contributed by atoms with E-state index in [2.05, 4.69) is 6.07 Å². The van der Waals surface area contributed by atoms with E-state index >= 15 is 0 Å². The lowest BCUT2D eigenvalue weighted by atomic mass is 9.94. The summed E-state index contributed by atoms with van der Waals surface area (Å²) in [6.45, 7) is 0. The maximum absolute atomic E-state index is 12.8. The van der Waals surface area contributed by atoms with Crippen LogP contribution in [-0.2, 0) is 12.8 Å². The zero-order valence-electron chi connectivity index (χ0n) is 16.1. The summed E-state index contributed by atoms with van der Waals surface area (Å²) < 4.78 is 7.74. The van der Waals surface area contributed by atoms with Crippen LogP contribution >= 0.6 is 11.3 Å². The normalized spacial score (nSPS) is 18.6. The molecule has 0 aliphatic heterocycles. The smallest absolute Gasteiger partial charge is 0.341 e. The molecule has 3 N–H and O–H groups in total. The summed E-state index contributed by atoms with van der Waals surface area (Å²) in [7, 11) is 1.61. The van der Waals surface area contributed by atoms with E-state index in [-0.39, 0.29) is 17.6 Å². The van der Waals surface area contributed by atoms with Crippen LogP contribution in [0.2, 0.25) is 0 Å². The molecule has 0 radical (unpaired) electrons. The van der Waals surface area contributed by atoms with Gasteiger partial charge >= 0.3 is 5.97 Å². The first-order valence-corrected chi connectivity index (χ1v) is 10.7. The van der Waals surface area contributed by atoms with Gasteiger partial charge in [-0.2, -0.15) is 0 Å². The van der Waals surface area contributed by atoms with Gasteiger partial charge < -0.3 is 20.1 Å². The molecule has 150 valence electrons. The van der Waals surface area contributed by atoms with Gasteiger partial charge in [0.15, 0.2) is 5.75 Å². The number of ether oxygens (including phenoxy) is 1. The second-order valence-electron chi connectivity index (χ2n) is 7.92. The summed E-state index contributed by atoms with van der Waals surface area (Å²) >= 11 is 1.75. The van der Waals surface area contributed by atoms with Crippen molar-refractivity contribution < 1.29 is 14.6 Å². The fourth-order valence-electron chi connectivity index (χ4n) is 4.30. The molecule has 29 heavy (non-hydrogen) atoms. The fourth-order valence-corrected chi connectivity index (χ4v) is 5.53. The number of hydrogen-bond donors (Lipinski definition) is 2. The molecule has 3 aromatic rings. The van der Waals surface area contributed by atoms with E-state index in [0.717, 1.165) is 42.5 Å². The Morgan fingerprint density at radius 2 is 2.10 bits per heavy atom. The molecule has 1 atom stereocenters. The average Bonchev–Trinajstić information content (AvgIpc) is 3.46. The van der Waals surface area contributed by atoms with Gasteiger partial charge in [0.25, 0.3) is 0 Å². The van der Waals surface area contributed by atoms with Crippen molar-refractivity contribution in [1.29, 1.82) is 0 Å². The molecule has 2 heterocycles. The van der Waals surface area contributed by atoms with E-state index in [1.165, 1.54) is 16.6 Å². The van der Waals surface area contributed by atoms with Crippen LogP contribution in [0.4, 0.5) is 0 Å². The van der Waals surface area contributed by atoms with E-state index in [4.69, 9.17) is 10.5 Å². The maximum Gasteiger partial charge on any atom is 0.341 e. The van der Waals surface area contributed by atoms with Gasteiger partial charge in [-0.05, 0) is 55.9 Å². The van der Waals surface area contributed by atoms with Gasteiger partial charge in [-0.3, -0.25) is 4.79 Å². The molecule has 7 heteroatoms. The Morgan fingerprint density at radius 3 is 2.79 bits per heavy atom. The number of benzene rings is 1. The highest BCUT2D eigenvalue weighted by Gasteiger charge is 2.29. The van der Waals surface area contributed by atoms with Crippen molar-refractivity contribution in [2.24, 2.45) is 5.73 Å². The number of aromatic nitrogens is 1. The lowest BCUT2D eigenvalue weighted by Gasteiger charge is -2.17. The number of pyridine rings is 1. The van der Waals surface area contributed by atoms with Gasteiger partial charge in [-0.15, -0.1) is 11.3 Å². The van der Waals surface area contributed by atoms with Crippen LogP contribution in [0.15, 0.2) is 29.2 Å². The number of rotatable bonds is 4. The average molecular weight is 410 g/mol. The number of thiophene rings is 1. The first kappa shape index (κ1) is 18.4. The topological polar surface area (TPSA) is 94.6 Å². The number of nitrogens with zero attached hydrogens (tertiary/aromatic N) is 1. The van der Waals surface area contributed by atoms with E-state index in [9.17, 15) is 14.7 Å². The first-order chi connectivity index (χ1) is 14.0. The molecule has 6 nitrogen and oxygen atoms in total. The van der Waals surface area contributed by atoms with Crippen LogP contribution in [0, 0.1) is 0 Å². The second kappa shape index (κ2) is 6.71. The van der Waals surface area contributed by atoms with Crippen LogP contribution in [0.3, 0.4) is 0 Å². The number of aromatic carboxylic acids is 1. The van der Waals surface area contributed by atoms with Crippen molar-refractivity contribution in [2.45, 2.75) is 44.2 Å². The van der Waals surface area contributed by atoms with Crippen molar-refractivity contribution in [3.8, 4) is 16.2 Å². The number of nitrogens with two attached hydrogens (primary N) is 1. The van der Waals surface area contributed by atoms with Crippen molar-refractivity contribution in [3.05, 3.63) is 50.6 Å². The number of carbonyl (C=O) groups is 1. The molecule has 1 saturated carbocycles. The molecule has 0 spiro atoms.